The van der Waals surface area contributed by atoms with Gasteiger partial charge in [-0.2, -0.15) is 0 Å². The molecule has 0 radical (unpaired) electrons. The van der Waals surface area contributed by atoms with E-state index in [1.54, 1.807) is 4.90 Å². The minimum Gasteiger partial charge on any atom is -0.268 e. The van der Waals surface area contributed by atoms with E-state index in [1.807, 2.05) is 54.6 Å². The van der Waals surface area contributed by atoms with E-state index in [-0.39, 0.29) is 11.8 Å². The Balaban J connectivity index is 1.66. The predicted octanol–water partition coefficient (Wildman–Crippen LogP) is 5.58. The van der Waals surface area contributed by atoms with E-state index in [0.717, 1.165) is 21.3 Å². The molecular weight excluding hydrogens is 364 g/mol. The number of thioether (sulfide) groups is 1. The van der Waals surface area contributed by atoms with Crippen LogP contribution in [0.1, 0.15) is 12.5 Å². The topological polar surface area (TPSA) is 32.7 Å². The summed E-state index contributed by atoms with van der Waals surface area (Å²) in [6.07, 6.45) is 10.5. The molecule has 0 bridgehead atoms. The molecule has 1 aliphatic heterocycles. The van der Waals surface area contributed by atoms with E-state index in [9.17, 15) is 4.79 Å². The van der Waals surface area contributed by atoms with Crippen LogP contribution < -0.4 is 4.90 Å². The fourth-order valence-electron chi connectivity index (χ4n) is 3.26. The smallest absolute Gasteiger partial charge is 0.268 e. The summed E-state index contributed by atoms with van der Waals surface area (Å²) >= 11 is 1.47. The highest BCUT2D eigenvalue weighted by molar-refractivity contribution is 8.19. The average Bonchev–Trinajstić information content (AvgIpc) is 3.05. The highest BCUT2D eigenvalue weighted by Gasteiger charge is 2.35. The first kappa shape index (κ1) is 18.5. The zero-order chi connectivity index (χ0) is 19.3. The minimum atomic E-state index is -0.00170. The van der Waals surface area contributed by atoms with Gasteiger partial charge < -0.3 is 0 Å². The van der Waals surface area contributed by atoms with Crippen LogP contribution in [0.5, 0.6) is 0 Å². The molecule has 0 aromatic heterocycles. The summed E-state index contributed by atoms with van der Waals surface area (Å²) in [7, 11) is 0. The fraction of sp³-hybridized carbons (Fsp3) is 0.167. The molecule has 2 aromatic rings. The first-order chi connectivity index (χ1) is 13.7. The van der Waals surface area contributed by atoms with E-state index in [0.29, 0.717) is 12.5 Å². The molecule has 2 aliphatic rings. The van der Waals surface area contributed by atoms with Crippen LogP contribution in [0.15, 0.2) is 101 Å². The number of nitrogens with zero attached hydrogens (tertiary/aromatic N) is 2. The Kier molecular flexibility index (Phi) is 5.58. The van der Waals surface area contributed by atoms with Crippen molar-refractivity contribution in [1.29, 1.82) is 0 Å². The maximum atomic E-state index is 13.2. The van der Waals surface area contributed by atoms with E-state index >= 15 is 0 Å². The molecule has 4 heteroatoms. The second kappa shape index (κ2) is 8.44. The van der Waals surface area contributed by atoms with Crippen molar-refractivity contribution in [3.63, 3.8) is 0 Å². The number of aliphatic imine (C=N–C) groups is 1. The first-order valence-corrected chi connectivity index (χ1v) is 10.3. The number of amidine groups is 1. The van der Waals surface area contributed by atoms with Gasteiger partial charge in [-0.3, -0.25) is 14.7 Å². The second-order valence-corrected chi connectivity index (χ2v) is 7.91. The molecule has 1 heterocycles. The van der Waals surface area contributed by atoms with Gasteiger partial charge in [0.15, 0.2) is 5.17 Å². The summed E-state index contributed by atoms with van der Waals surface area (Å²) in [6, 6.07) is 19.9. The number of para-hydroxylation sites is 1. The van der Waals surface area contributed by atoms with Crippen molar-refractivity contribution in [1.82, 2.24) is 0 Å². The SMILES string of the molecule is CC1C=CC=CC1/C=C1\S/C(=N\Cc2ccccc2)N(c2ccccc2)C1=O. The van der Waals surface area contributed by atoms with Crippen LogP contribution in [0.4, 0.5) is 5.69 Å². The lowest BCUT2D eigenvalue weighted by Gasteiger charge is -2.17. The number of rotatable bonds is 4. The van der Waals surface area contributed by atoms with Crippen molar-refractivity contribution >= 4 is 28.5 Å². The van der Waals surface area contributed by atoms with Crippen LogP contribution in [0.3, 0.4) is 0 Å². The Morgan fingerprint density at radius 1 is 1.00 bits per heavy atom. The Morgan fingerprint density at radius 3 is 2.39 bits per heavy atom. The van der Waals surface area contributed by atoms with Gasteiger partial charge in [0.05, 0.1) is 17.1 Å². The second-order valence-electron chi connectivity index (χ2n) is 6.90. The summed E-state index contributed by atoms with van der Waals surface area (Å²) in [4.78, 5) is 20.5. The van der Waals surface area contributed by atoms with Gasteiger partial charge >= 0.3 is 0 Å². The van der Waals surface area contributed by atoms with E-state index in [1.165, 1.54) is 11.8 Å². The summed E-state index contributed by atoms with van der Waals surface area (Å²) in [5, 5.41) is 0.731. The van der Waals surface area contributed by atoms with Gasteiger partial charge in [0.2, 0.25) is 0 Å². The number of amides is 1. The standard InChI is InChI=1S/C24H22N2OS/c1-18-10-8-9-13-20(18)16-22-23(27)26(21-14-6-3-7-15-21)24(28-22)25-17-19-11-4-2-5-12-19/h2-16,18,20H,17H2,1H3/b22-16-,25-24-. The van der Waals surface area contributed by atoms with E-state index in [4.69, 9.17) is 4.99 Å². The van der Waals surface area contributed by atoms with E-state index < -0.39 is 0 Å². The Morgan fingerprint density at radius 2 is 1.68 bits per heavy atom. The van der Waals surface area contributed by atoms with Crippen LogP contribution in [-0.4, -0.2) is 11.1 Å². The highest BCUT2D eigenvalue weighted by atomic mass is 32.2. The van der Waals surface area contributed by atoms with Gasteiger partial charge in [0, 0.05) is 5.92 Å². The maximum absolute atomic E-state index is 13.2. The third kappa shape index (κ3) is 4.02. The molecule has 2 atom stereocenters. The monoisotopic (exact) mass is 386 g/mol. The van der Waals surface area contributed by atoms with Crippen molar-refractivity contribution in [2.75, 3.05) is 4.90 Å². The van der Waals surface area contributed by atoms with Gasteiger partial charge in [0.1, 0.15) is 0 Å². The number of anilines is 1. The first-order valence-electron chi connectivity index (χ1n) is 9.45. The van der Waals surface area contributed by atoms with Crippen LogP contribution in [0.25, 0.3) is 0 Å². The predicted molar refractivity (Wildman–Crippen MR) is 118 cm³/mol. The van der Waals surface area contributed by atoms with Crippen LogP contribution in [0, 0.1) is 11.8 Å². The van der Waals surface area contributed by atoms with Gasteiger partial charge in [0.25, 0.3) is 5.91 Å². The fourth-order valence-corrected chi connectivity index (χ4v) is 4.27. The van der Waals surface area contributed by atoms with Gasteiger partial charge in [-0.15, -0.1) is 0 Å². The van der Waals surface area contributed by atoms with Crippen molar-refractivity contribution in [2.45, 2.75) is 13.5 Å². The molecular formula is C24H22N2OS. The molecule has 3 nitrogen and oxygen atoms in total. The Labute approximate surface area is 170 Å². The lowest BCUT2D eigenvalue weighted by molar-refractivity contribution is -0.113. The molecule has 28 heavy (non-hydrogen) atoms. The molecule has 0 spiro atoms. The molecule has 0 saturated carbocycles. The van der Waals surface area contributed by atoms with Crippen molar-refractivity contribution in [2.24, 2.45) is 16.8 Å². The summed E-state index contributed by atoms with van der Waals surface area (Å²) < 4.78 is 0. The van der Waals surface area contributed by atoms with Gasteiger partial charge in [-0.05, 0) is 35.4 Å². The lowest BCUT2D eigenvalue weighted by atomic mass is 9.90. The molecule has 2 unspecified atom stereocenters. The zero-order valence-electron chi connectivity index (χ0n) is 15.7. The van der Waals surface area contributed by atoms with Gasteiger partial charge in [-0.25, -0.2) is 0 Å². The number of hydrogen-bond acceptors (Lipinski definition) is 3. The van der Waals surface area contributed by atoms with Crippen LogP contribution in [0.2, 0.25) is 0 Å². The van der Waals surface area contributed by atoms with Crippen LogP contribution in [-0.2, 0) is 11.3 Å². The number of allylic oxidation sites excluding steroid dienone is 5. The van der Waals surface area contributed by atoms with Crippen molar-refractivity contribution in [3.05, 3.63) is 102 Å². The Hall–Kier alpha value is -2.85. The third-order valence-corrected chi connectivity index (χ3v) is 5.90. The quantitative estimate of drug-likeness (QED) is 0.642. The molecule has 0 N–H and O–H groups in total. The highest BCUT2D eigenvalue weighted by Crippen LogP contribution is 2.37. The van der Waals surface area contributed by atoms with Crippen molar-refractivity contribution in [3.8, 4) is 0 Å². The number of carbonyl (C=O) groups excluding carboxylic acids is 1. The van der Waals surface area contributed by atoms with Gasteiger partial charge in [-0.1, -0.05) is 85.8 Å². The number of benzene rings is 2. The molecule has 1 fully saturated rings. The average molecular weight is 387 g/mol. The molecule has 2 aromatic carbocycles. The third-order valence-electron chi connectivity index (χ3n) is 4.87. The molecule has 140 valence electrons. The minimum absolute atomic E-state index is 0.00170. The maximum Gasteiger partial charge on any atom is 0.271 e. The zero-order valence-corrected chi connectivity index (χ0v) is 16.5. The Bertz CT molecular complexity index is 961. The number of hydrogen-bond donors (Lipinski definition) is 0. The van der Waals surface area contributed by atoms with E-state index in [2.05, 4.69) is 43.4 Å². The normalized spacial score (nSPS) is 24.5. The molecule has 4 rings (SSSR count). The number of carbonyl (C=O) groups is 1. The lowest BCUT2D eigenvalue weighted by Crippen LogP contribution is -2.29. The largest absolute Gasteiger partial charge is 0.271 e. The van der Waals surface area contributed by atoms with Crippen LogP contribution >= 0.6 is 11.8 Å². The summed E-state index contributed by atoms with van der Waals surface area (Å²) in [6.45, 7) is 2.72. The molecule has 1 saturated heterocycles. The molecule has 1 amide bonds. The summed E-state index contributed by atoms with van der Waals surface area (Å²) in [5.41, 5.74) is 1.98. The molecule has 1 aliphatic carbocycles. The van der Waals surface area contributed by atoms with Crippen molar-refractivity contribution < 1.29 is 4.79 Å². The summed E-state index contributed by atoms with van der Waals surface area (Å²) in [5.74, 6) is 0.599.